The van der Waals surface area contributed by atoms with E-state index in [0.29, 0.717) is 0 Å². The van der Waals surface area contributed by atoms with Crippen molar-refractivity contribution in [2.45, 2.75) is 32.2 Å². The van der Waals surface area contributed by atoms with Gasteiger partial charge in [0.15, 0.2) is 0 Å². The van der Waals surface area contributed by atoms with Gasteiger partial charge in [-0.3, -0.25) is 0 Å². The molecule has 0 amide bonds. The molecule has 2 rings (SSSR count). The minimum atomic E-state index is 0.819. The molecular weight excluding hydrogens is 242 g/mol. The maximum atomic E-state index is 5.46. The van der Waals surface area contributed by atoms with Gasteiger partial charge in [0.2, 0.25) is 0 Å². The standard InChI is InChI=1S/C14H21N3S/c15-9-5-1-2-6-10-16-11-14-17-12-7-3-4-8-13(12)18-14/h3-4,7-8,16H,1-2,5-6,9-11,15H2. The van der Waals surface area contributed by atoms with Crippen molar-refractivity contribution in [2.24, 2.45) is 5.73 Å². The first-order chi connectivity index (χ1) is 8.90. The van der Waals surface area contributed by atoms with Gasteiger partial charge in [-0.05, 0) is 38.1 Å². The predicted molar refractivity (Wildman–Crippen MR) is 78.8 cm³/mol. The number of nitrogens with two attached hydrogens (primary N) is 1. The fourth-order valence-electron chi connectivity index (χ4n) is 1.94. The normalized spacial score (nSPS) is 11.2. The van der Waals surface area contributed by atoms with E-state index < -0.39 is 0 Å². The summed E-state index contributed by atoms with van der Waals surface area (Å²) >= 11 is 1.78. The molecule has 0 atom stereocenters. The smallest absolute Gasteiger partial charge is 0.108 e. The van der Waals surface area contributed by atoms with E-state index in [-0.39, 0.29) is 0 Å². The molecule has 0 radical (unpaired) electrons. The van der Waals surface area contributed by atoms with Crippen molar-refractivity contribution >= 4 is 21.6 Å². The van der Waals surface area contributed by atoms with Crippen LogP contribution in [-0.2, 0) is 6.54 Å². The molecule has 4 heteroatoms. The van der Waals surface area contributed by atoms with Gasteiger partial charge in [-0.2, -0.15) is 0 Å². The van der Waals surface area contributed by atoms with Crippen LogP contribution in [0.1, 0.15) is 30.7 Å². The van der Waals surface area contributed by atoms with E-state index in [4.69, 9.17) is 5.73 Å². The second-order valence-electron chi connectivity index (χ2n) is 4.45. The van der Waals surface area contributed by atoms with Gasteiger partial charge in [0.05, 0.1) is 10.2 Å². The Labute approximate surface area is 112 Å². The highest BCUT2D eigenvalue weighted by Gasteiger charge is 2.01. The third-order valence-electron chi connectivity index (χ3n) is 2.92. The molecule has 3 N–H and O–H groups in total. The summed E-state index contributed by atoms with van der Waals surface area (Å²) in [4.78, 5) is 4.60. The second-order valence-corrected chi connectivity index (χ2v) is 5.57. The summed E-state index contributed by atoms with van der Waals surface area (Å²) in [7, 11) is 0. The van der Waals surface area contributed by atoms with Gasteiger partial charge >= 0.3 is 0 Å². The first-order valence-corrected chi connectivity index (χ1v) is 7.47. The highest BCUT2D eigenvalue weighted by Crippen LogP contribution is 2.21. The molecule has 0 bridgehead atoms. The average Bonchev–Trinajstić information content (AvgIpc) is 2.80. The third kappa shape index (κ3) is 4.05. The topological polar surface area (TPSA) is 50.9 Å². The summed E-state index contributed by atoms with van der Waals surface area (Å²) in [6.45, 7) is 2.77. The summed E-state index contributed by atoms with van der Waals surface area (Å²) in [6, 6.07) is 8.30. The molecule has 98 valence electrons. The van der Waals surface area contributed by atoms with Crippen molar-refractivity contribution in [3.05, 3.63) is 29.3 Å². The molecule has 18 heavy (non-hydrogen) atoms. The van der Waals surface area contributed by atoms with Crippen LogP contribution in [0.15, 0.2) is 24.3 Å². The predicted octanol–water partition coefficient (Wildman–Crippen LogP) is 2.91. The molecule has 0 unspecified atom stereocenters. The Hall–Kier alpha value is -0.970. The van der Waals surface area contributed by atoms with Crippen LogP contribution < -0.4 is 11.1 Å². The van der Waals surface area contributed by atoms with Crippen molar-refractivity contribution < 1.29 is 0 Å². The number of hydrogen-bond donors (Lipinski definition) is 2. The molecule has 2 aromatic rings. The number of para-hydroxylation sites is 1. The fraction of sp³-hybridized carbons (Fsp3) is 0.500. The van der Waals surface area contributed by atoms with E-state index in [1.54, 1.807) is 11.3 Å². The number of unbranched alkanes of at least 4 members (excludes halogenated alkanes) is 3. The minimum absolute atomic E-state index is 0.819. The van der Waals surface area contributed by atoms with Gasteiger partial charge < -0.3 is 11.1 Å². The van der Waals surface area contributed by atoms with Crippen LogP contribution in [0.4, 0.5) is 0 Å². The number of benzene rings is 1. The molecule has 0 aliphatic rings. The van der Waals surface area contributed by atoms with Crippen LogP contribution in [0.25, 0.3) is 10.2 Å². The van der Waals surface area contributed by atoms with Crippen molar-refractivity contribution in [3.63, 3.8) is 0 Å². The Morgan fingerprint density at radius 2 is 1.94 bits per heavy atom. The van der Waals surface area contributed by atoms with Gasteiger partial charge in [-0.1, -0.05) is 25.0 Å². The van der Waals surface area contributed by atoms with E-state index in [0.717, 1.165) is 31.6 Å². The molecule has 0 saturated carbocycles. The van der Waals surface area contributed by atoms with E-state index in [1.807, 2.05) is 6.07 Å². The Bertz CT molecular complexity index is 434. The zero-order valence-electron chi connectivity index (χ0n) is 10.7. The van der Waals surface area contributed by atoms with Gasteiger partial charge in [0, 0.05) is 6.54 Å². The second kappa shape index (κ2) is 7.46. The number of thiazole rings is 1. The Morgan fingerprint density at radius 3 is 2.78 bits per heavy atom. The van der Waals surface area contributed by atoms with E-state index in [9.17, 15) is 0 Å². The number of hydrogen-bond acceptors (Lipinski definition) is 4. The van der Waals surface area contributed by atoms with Crippen molar-refractivity contribution in [3.8, 4) is 0 Å². The largest absolute Gasteiger partial charge is 0.330 e. The molecular formula is C14H21N3S. The lowest BCUT2D eigenvalue weighted by molar-refractivity contribution is 0.590. The maximum absolute atomic E-state index is 5.46. The van der Waals surface area contributed by atoms with E-state index in [2.05, 4.69) is 28.5 Å². The SMILES string of the molecule is NCCCCCCNCc1nc2ccccc2s1. The quantitative estimate of drug-likeness (QED) is 0.720. The Balaban J connectivity index is 1.67. The fourth-order valence-corrected chi connectivity index (χ4v) is 2.88. The zero-order chi connectivity index (χ0) is 12.6. The van der Waals surface area contributed by atoms with Crippen molar-refractivity contribution in [2.75, 3.05) is 13.1 Å². The molecule has 1 heterocycles. The van der Waals surface area contributed by atoms with Gasteiger partial charge in [-0.25, -0.2) is 4.98 Å². The number of fused-ring (bicyclic) bond motifs is 1. The molecule has 0 saturated heterocycles. The first kappa shape index (κ1) is 13.5. The summed E-state index contributed by atoms with van der Waals surface area (Å²) in [5.74, 6) is 0. The number of nitrogens with one attached hydrogen (secondary N) is 1. The zero-order valence-corrected chi connectivity index (χ0v) is 11.5. The lowest BCUT2D eigenvalue weighted by Gasteiger charge is -2.01. The number of rotatable bonds is 8. The Morgan fingerprint density at radius 1 is 1.11 bits per heavy atom. The van der Waals surface area contributed by atoms with Gasteiger partial charge in [0.1, 0.15) is 5.01 Å². The summed E-state index contributed by atoms with van der Waals surface area (Å²) in [5, 5.41) is 4.64. The summed E-state index contributed by atoms with van der Waals surface area (Å²) in [5.41, 5.74) is 6.57. The molecule has 1 aromatic carbocycles. The maximum Gasteiger partial charge on any atom is 0.108 e. The van der Waals surface area contributed by atoms with Gasteiger partial charge in [0.25, 0.3) is 0 Å². The number of aromatic nitrogens is 1. The highest BCUT2D eigenvalue weighted by atomic mass is 32.1. The first-order valence-electron chi connectivity index (χ1n) is 6.65. The minimum Gasteiger partial charge on any atom is -0.330 e. The van der Waals surface area contributed by atoms with Crippen molar-refractivity contribution in [1.82, 2.24) is 10.3 Å². The van der Waals surface area contributed by atoms with Crippen LogP contribution in [0.5, 0.6) is 0 Å². The van der Waals surface area contributed by atoms with Crippen LogP contribution >= 0.6 is 11.3 Å². The summed E-state index contributed by atoms with van der Waals surface area (Å²) in [6.07, 6.45) is 4.89. The van der Waals surface area contributed by atoms with E-state index in [1.165, 1.54) is 29.0 Å². The monoisotopic (exact) mass is 263 g/mol. The molecule has 1 aromatic heterocycles. The average molecular weight is 263 g/mol. The molecule has 0 aliphatic heterocycles. The van der Waals surface area contributed by atoms with Crippen LogP contribution in [0, 0.1) is 0 Å². The highest BCUT2D eigenvalue weighted by molar-refractivity contribution is 7.18. The van der Waals surface area contributed by atoms with Crippen LogP contribution in [0.3, 0.4) is 0 Å². The Kier molecular flexibility index (Phi) is 5.58. The van der Waals surface area contributed by atoms with Crippen molar-refractivity contribution in [1.29, 1.82) is 0 Å². The molecule has 0 aliphatic carbocycles. The van der Waals surface area contributed by atoms with Crippen LogP contribution in [-0.4, -0.2) is 18.1 Å². The molecule has 0 fully saturated rings. The van der Waals surface area contributed by atoms with E-state index >= 15 is 0 Å². The van der Waals surface area contributed by atoms with Crippen LogP contribution in [0.2, 0.25) is 0 Å². The van der Waals surface area contributed by atoms with Gasteiger partial charge in [-0.15, -0.1) is 11.3 Å². The number of nitrogens with zero attached hydrogens (tertiary/aromatic N) is 1. The molecule has 3 nitrogen and oxygen atoms in total. The lowest BCUT2D eigenvalue weighted by atomic mass is 10.2. The molecule has 0 spiro atoms. The lowest BCUT2D eigenvalue weighted by Crippen LogP contribution is -2.14. The summed E-state index contributed by atoms with van der Waals surface area (Å²) < 4.78 is 1.28. The third-order valence-corrected chi connectivity index (χ3v) is 3.96.